The molecule has 3 rings (SSSR count). The summed E-state index contributed by atoms with van der Waals surface area (Å²) in [6.07, 6.45) is 0. The van der Waals surface area contributed by atoms with E-state index in [9.17, 15) is 4.39 Å². The first-order valence-corrected chi connectivity index (χ1v) is 6.65. The Bertz CT molecular complexity index is 783. The smallest absolute Gasteiger partial charge is 0.170 e. The Kier molecular flexibility index (Phi) is 3.18. The summed E-state index contributed by atoms with van der Waals surface area (Å²) in [5.41, 5.74) is 0.785. The maximum atomic E-state index is 13.6. The monoisotopic (exact) mass is 290 g/mol. The number of hydrogen-bond donors (Lipinski definition) is 0. The van der Waals surface area contributed by atoms with E-state index in [0.717, 1.165) is 0 Å². The van der Waals surface area contributed by atoms with Crippen LogP contribution in [0.15, 0.2) is 34.7 Å². The van der Waals surface area contributed by atoms with E-state index in [1.54, 1.807) is 24.3 Å². The third-order valence-electron chi connectivity index (χ3n) is 2.98. The lowest BCUT2D eigenvalue weighted by Gasteiger charge is -2.05. The predicted octanol–water partition coefficient (Wildman–Crippen LogP) is 4.81. The number of halogens is 2. The number of furan rings is 1. The molecule has 0 fully saturated rings. The minimum absolute atomic E-state index is 0.147. The van der Waals surface area contributed by atoms with E-state index >= 15 is 0 Å². The van der Waals surface area contributed by atoms with Crippen molar-refractivity contribution in [1.29, 1.82) is 0 Å². The van der Waals surface area contributed by atoms with Crippen LogP contribution in [0, 0.1) is 5.82 Å². The van der Waals surface area contributed by atoms with Crippen LogP contribution in [0.5, 0.6) is 0 Å². The first kappa shape index (κ1) is 13.1. The van der Waals surface area contributed by atoms with Gasteiger partial charge in [-0.05, 0) is 12.1 Å². The molecule has 0 bridgehead atoms. The molecule has 0 saturated carbocycles. The van der Waals surface area contributed by atoms with Crippen molar-refractivity contribution in [1.82, 2.24) is 9.97 Å². The molecule has 2 aromatic heterocycles. The first-order chi connectivity index (χ1) is 9.54. The summed E-state index contributed by atoms with van der Waals surface area (Å²) in [5, 5.41) is 1.04. The van der Waals surface area contributed by atoms with Crippen LogP contribution in [0.25, 0.3) is 22.4 Å². The van der Waals surface area contributed by atoms with Crippen LogP contribution in [0.3, 0.4) is 0 Å². The normalized spacial score (nSPS) is 11.4. The number of nitrogens with zero attached hydrogens (tertiary/aromatic N) is 2. The molecule has 3 aromatic rings. The number of rotatable bonds is 2. The second kappa shape index (κ2) is 4.87. The molecule has 2 heterocycles. The van der Waals surface area contributed by atoms with E-state index in [0.29, 0.717) is 27.8 Å². The van der Waals surface area contributed by atoms with Crippen molar-refractivity contribution in [2.75, 3.05) is 0 Å². The molecule has 0 aliphatic rings. The molecule has 0 aliphatic heterocycles. The molecule has 20 heavy (non-hydrogen) atoms. The molecule has 5 heteroatoms. The van der Waals surface area contributed by atoms with Crippen LogP contribution in [0.1, 0.15) is 25.6 Å². The number of fused-ring (bicyclic) bond motifs is 1. The average Bonchev–Trinajstić information content (AvgIpc) is 2.83. The highest BCUT2D eigenvalue weighted by molar-refractivity contribution is 6.29. The highest BCUT2D eigenvalue weighted by atomic mass is 35.5. The van der Waals surface area contributed by atoms with Crippen molar-refractivity contribution in [2.45, 2.75) is 19.8 Å². The molecule has 102 valence electrons. The highest BCUT2D eigenvalue weighted by Crippen LogP contribution is 2.29. The molecule has 0 saturated heterocycles. The maximum absolute atomic E-state index is 13.6. The van der Waals surface area contributed by atoms with Gasteiger partial charge in [0.05, 0.1) is 0 Å². The SMILES string of the molecule is CC(C)c1nc(Cl)cc(-c2cc3cccc(F)c3o2)n1. The fourth-order valence-electron chi connectivity index (χ4n) is 1.97. The van der Waals surface area contributed by atoms with Gasteiger partial charge in [0.25, 0.3) is 0 Å². The molecular weight excluding hydrogens is 279 g/mol. The summed E-state index contributed by atoms with van der Waals surface area (Å²) in [5.74, 6) is 0.872. The Morgan fingerprint density at radius 1 is 1.20 bits per heavy atom. The van der Waals surface area contributed by atoms with Gasteiger partial charge in [0, 0.05) is 17.4 Å². The third-order valence-corrected chi connectivity index (χ3v) is 3.17. The Balaban J connectivity index is 2.17. The van der Waals surface area contributed by atoms with Crippen LogP contribution in [0.4, 0.5) is 4.39 Å². The largest absolute Gasteiger partial charge is 0.451 e. The van der Waals surface area contributed by atoms with E-state index in [1.807, 2.05) is 13.8 Å². The minimum Gasteiger partial charge on any atom is -0.451 e. The lowest BCUT2D eigenvalue weighted by molar-refractivity contribution is 0.567. The van der Waals surface area contributed by atoms with Gasteiger partial charge in [-0.25, -0.2) is 14.4 Å². The van der Waals surface area contributed by atoms with E-state index in [2.05, 4.69) is 9.97 Å². The van der Waals surface area contributed by atoms with Gasteiger partial charge in [-0.15, -0.1) is 0 Å². The minimum atomic E-state index is -0.391. The van der Waals surface area contributed by atoms with Crippen LogP contribution < -0.4 is 0 Å². The van der Waals surface area contributed by atoms with E-state index in [4.69, 9.17) is 16.0 Å². The zero-order valence-electron chi connectivity index (χ0n) is 11.0. The second-order valence-electron chi connectivity index (χ2n) is 4.86. The molecule has 0 unspecified atom stereocenters. The molecule has 3 nitrogen and oxygen atoms in total. The van der Waals surface area contributed by atoms with Crippen molar-refractivity contribution in [3.8, 4) is 11.5 Å². The summed E-state index contributed by atoms with van der Waals surface area (Å²) in [4.78, 5) is 8.59. The zero-order valence-corrected chi connectivity index (χ0v) is 11.8. The summed E-state index contributed by atoms with van der Waals surface area (Å²) in [6.45, 7) is 3.96. The van der Waals surface area contributed by atoms with Gasteiger partial charge < -0.3 is 4.42 Å². The number of para-hydroxylation sites is 1. The Morgan fingerprint density at radius 3 is 2.70 bits per heavy atom. The van der Waals surface area contributed by atoms with Gasteiger partial charge in [0.2, 0.25) is 0 Å². The van der Waals surface area contributed by atoms with Gasteiger partial charge in [0.15, 0.2) is 17.2 Å². The van der Waals surface area contributed by atoms with Crippen LogP contribution >= 0.6 is 11.6 Å². The summed E-state index contributed by atoms with van der Waals surface area (Å²) in [6, 6.07) is 8.16. The van der Waals surface area contributed by atoms with Crippen LogP contribution in [0.2, 0.25) is 5.15 Å². The third kappa shape index (κ3) is 2.27. The second-order valence-corrected chi connectivity index (χ2v) is 5.24. The summed E-state index contributed by atoms with van der Waals surface area (Å²) in [7, 11) is 0. The number of benzene rings is 1. The van der Waals surface area contributed by atoms with Crippen LogP contribution in [-0.4, -0.2) is 9.97 Å². The molecular formula is C15H12ClFN2O. The maximum Gasteiger partial charge on any atom is 0.170 e. The average molecular weight is 291 g/mol. The van der Waals surface area contributed by atoms with Gasteiger partial charge >= 0.3 is 0 Å². The molecule has 0 atom stereocenters. The van der Waals surface area contributed by atoms with E-state index in [-0.39, 0.29) is 11.5 Å². The predicted molar refractivity (Wildman–Crippen MR) is 76.3 cm³/mol. The molecule has 0 N–H and O–H groups in total. The zero-order chi connectivity index (χ0) is 14.3. The van der Waals surface area contributed by atoms with Gasteiger partial charge in [-0.2, -0.15) is 0 Å². The van der Waals surface area contributed by atoms with Crippen molar-refractivity contribution >= 4 is 22.6 Å². The number of hydrogen-bond acceptors (Lipinski definition) is 3. The lowest BCUT2D eigenvalue weighted by atomic mass is 10.2. The van der Waals surface area contributed by atoms with Gasteiger partial charge in [-0.1, -0.05) is 37.6 Å². The molecule has 0 aliphatic carbocycles. The molecule has 0 amide bonds. The van der Waals surface area contributed by atoms with E-state index in [1.165, 1.54) is 6.07 Å². The highest BCUT2D eigenvalue weighted by Gasteiger charge is 2.14. The summed E-state index contributed by atoms with van der Waals surface area (Å²) < 4.78 is 19.2. The van der Waals surface area contributed by atoms with Crippen LogP contribution in [-0.2, 0) is 0 Å². The fourth-order valence-corrected chi connectivity index (χ4v) is 2.16. The van der Waals surface area contributed by atoms with E-state index < -0.39 is 5.82 Å². The lowest BCUT2D eigenvalue weighted by Crippen LogP contribution is -1.98. The van der Waals surface area contributed by atoms with Crippen molar-refractivity contribution < 1.29 is 8.81 Å². The van der Waals surface area contributed by atoms with Crippen molar-refractivity contribution in [2.24, 2.45) is 0 Å². The first-order valence-electron chi connectivity index (χ1n) is 6.27. The molecule has 0 radical (unpaired) electrons. The number of aromatic nitrogens is 2. The Morgan fingerprint density at radius 2 is 2.00 bits per heavy atom. The topological polar surface area (TPSA) is 38.9 Å². The van der Waals surface area contributed by atoms with Gasteiger partial charge in [-0.3, -0.25) is 0 Å². The van der Waals surface area contributed by atoms with Crippen molar-refractivity contribution in [3.63, 3.8) is 0 Å². The summed E-state index contributed by atoms with van der Waals surface area (Å²) >= 11 is 6.01. The van der Waals surface area contributed by atoms with Gasteiger partial charge in [0.1, 0.15) is 16.7 Å². The Hall–Kier alpha value is -1.94. The standard InChI is InChI=1S/C15H12ClFN2O/c1-8(2)15-18-11(7-13(16)19-15)12-6-9-4-3-5-10(17)14(9)20-12/h3-8H,1-2H3. The quantitative estimate of drug-likeness (QED) is 0.636. The molecule has 0 spiro atoms. The van der Waals surface area contributed by atoms with Crippen molar-refractivity contribution in [3.05, 3.63) is 47.1 Å². The fraction of sp³-hybridized carbons (Fsp3) is 0.200. The Labute approximate surface area is 120 Å². The molecule has 1 aromatic carbocycles.